The molecule has 53 valence electrons. The molecule has 0 amide bonds. The Labute approximate surface area is 66.9 Å². The van der Waals surface area contributed by atoms with Gasteiger partial charge in [-0.05, 0) is 12.1 Å². The van der Waals surface area contributed by atoms with Crippen LogP contribution in [0.25, 0.3) is 0 Å². The molecule has 3 heteroatoms. The Morgan fingerprint density at radius 1 is 1.60 bits per heavy atom. The lowest BCUT2D eigenvalue weighted by molar-refractivity contribution is 0.409. The summed E-state index contributed by atoms with van der Waals surface area (Å²) in [5.41, 5.74) is 0. The van der Waals surface area contributed by atoms with Crippen molar-refractivity contribution in [3.05, 3.63) is 28.5 Å². The molecule has 0 aliphatic rings. The summed E-state index contributed by atoms with van der Waals surface area (Å²) in [6, 6.07) is 5.34. The van der Waals surface area contributed by atoms with E-state index in [2.05, 4.69) is 22.0 Å². The number of methoxy groups -OCH3 is 1. The zero-order chi connectivity index (χ0) is 7.56. The molecule has 0 atom stereocenters. The second-order valence-electron chi connectivity index (χ2n) is 1.71. The molecule has 1 rings (SSSR count). The highest BCUT2D eigenvalue weighted by molar-refractivity contribution is 9.10. The van der Waals surface area contributed by atoms with Crippen molar-refractivity contribution >= 4 is 15.9 Å². The van der Waals surface area contributed by atoms with Crippen LogP contribution in [0.3, 0.4) is 0 Å². The van der Waals surface area contributed by atoms with Gasteiger partial charge in [0.2, 0.25) is 0 Å². The monoisotopic (exact) mass is 203 g/mol. The summed E-state index contributed by atoms with van der Waals surface area (Å²) in [4.78, 5) is 0. The third kappa shape index (κ3) is 1.70. The Bertz CT molecular complexity index is 217. The minimum atomic E-state index is -0.425. The molecule has 0 aliphatic heterocycles. The van der Waals surface area contributed by atoms with Crippen LogP contribution in [-0.2, 0) is 0 Å². The van der Waals surface area contributed by atoms with Crippen molar-refractivity contribution in [2.75, 3.05) is 7.11 Å². The van der Waals surface area contributed by atoms with Crippen molar-refractivity contribution in [2.45, 2.75) is 0 Å². The van der Waals surface area contributed by atoms with E-state index in [1.54, 1.807) is 6.07 Å². The Kier molecular flexibility index (Phi) is 2.27. The van der Waals surface area contributed by atoms with E-state index >= 15 is 0 Å². The van der Waals surface area contributed by atoms with Gasteiger partial charge in [0.05, 0.1) is 13.2 Å². The normalized spacial score (nSPS) is 9.50. The number of hydrogen-bond acceptors (Lipinski definition) is 1. The second-order valence-corrected chi connectivity index (χ2v) is 2.63. The van der Waals surface area contributed by atoms with Gasteiger partial charge in [-0.15, -0.1) is 0 Å². The summed E-state index contributed by atoms with van der Waals surface area (Å²) in [6.07, 6.45) is 0. The highest BCUT2D eigenvalue weighted by Gasteiger charge is 1.97. The summed E-state index contributed by atoms with van der Waals surface area (Å²) in [5.74, 6) is -0.0295. The van der Waals surface area contributed by atoms with Crippen LogP contribution in [0.1, 0.15) is 0 Å². The molecule has 0 bridgehead atoms. The third-order valence-corrected chi connectivity index (χ3v) is 1.45. The van der Waals surface area contributed by atoms with Gasteiger partial charge in [-0.25, -0.2) is 4.39 Å². The average molecular weight is 204 g/mol. The quantitative estimate of drug-likeness (QED) is 0.682. The summed E-state index contributed by atoms with van der Waals surface area (Å²) in [5, 5.41) is 0. The Morgan fingerprint density at radius 2 is 2.30 bits per heavy atom. The summed E-state index contributed by atoms with van der Waals surface area (Å²) in [6.45, 7) is 0. The molecule has 0 spiro atoms. The average Bonchev–Trinajstić information content (AvgIpc) is 1.85. The number of benzene rings is 1. The van der Waals surface area contributed by atoms with Crippen LogP contribution < -0.4 is 4.74 Å². The van der Waals surface area contributed by atoms with Crippen LogP contribution >= 0.6 is 15.9 Å². The van der Waals surface area contributed by atoms with Gasteiger partial charge < -0.3 is 4.74 Å². The molecule has 1 radical (unpaired) electrons. The SMILES string of the molecule is COc1[c]c(F)cc(Br)c1. The topological polar surface area (TPSA) is 9.23 Å². The number of rotatable bonds is 1. The van der Waals surface area contributed by atoms with Crippen LogP contribution in [0.2, 0.25) is 0 Å². The maximum Gasteiger partial charge on any atom is 0.136 e. The van der Waals surface area contributed by atoms with E-state index in [0.717, 1.165) is 0 Å². The van der Waals surface area contributed by atoms with E-state index in [4.69, 9.17) is 4.74 Å². The Hall–Kier alpha value is -0.570. The molecule has 0 saturated carbocycles. The first-order chi connectivity index (χ1) is 4.72. The molecule has 0 N–H and O–H groups in total. The molecule has 1 aromatic carbocycles. The van der Waals surface area contributed by atoms with Gasteiger partial charge in [0, 0.05) is 4.47 Å². The Balaban J connectivity index is 3.06. The van der Waals surface area contributed by atoms with E-state index in [0.29, 0.717) is 10.2 Å². The third-order valence-electron chi connectivity index (χ3n) is 0.996. The molecule has 0 aromatic heterocycles. The van der Waals surface area contributed by atoms with Crippen molar-refractivity contribution in [3.8, 4) is 5.75 Å². The van der Waals surface area contributed by atoms with Crippen molar-refractivity contribution in [3.63, 3.8) is 0 Å². The van der Waals surface area contributed by atoms with Crippen LogP contribution in [0.15, 0.2) is 16.6 Å². The van der Waals surface area contributed by atoms with Crippen LogP contribution in [0.4, 0.5) is 4.39 Å². The summed E-state index contributed by atoms with van der Waals surface area (Å²) >= 11 is 3.11. The minimum Gasteiger partial charge on any atom is -0.496 e. The molecular formula is C7H5BrFO. The van der Waals surface area contributed by atoms with E-state index in [1.807, 2.05) is 0 Å². The minimum absolute atomic E-state index is 0.395. The van der Waals surface area contributed by atoms with E-state index < -0.39 is 5.82 Å². The molecule has 10 heavy (non-hydrogen) atoms. The number of hydrogen-bond donors (Lipinski definition) is 0. The van der Waals surface area contributed by atoms with Gasteiger partial charge in [0.15, 0.2) is 0 Å². The number of ether oxygens (including phenoxy) is 1. The van der Waals surface area contributed by atoms with Gasteiger partial charge in [-0.1, -0.05) is 15.9 Å². The summed E-state index contributed by atoms with van der Waals surface area (Å²) in [7, 11) is 1.47. The van der Waals surface area contributed by atoms with E-state index in [9.17, 15) is 4.39 Å². The van der Waals surface area contributed by atoms with Crippen LogP contribution in [-0.4, -0.2) is 7.11 Å². The van der Waals surface area contributed by atoms with Crippen molar-refractivity contribution in [1.82, 2.24) is 0 Å². The molecule has 1 nitrogen and oxygen atoms in total. The van der Waals surface area contributed by atoms with E-state index in [1.165, 1.54) is 13.2 Å². The van der Waals surface area contributed by atoms with Crippen LogP contribution in [0, 0.1) is 11.9 Å². The highest BCUT2D eigenvalue weighted by Crippen LogP contribution is 2.18. The number of halogens is 2. The largest absolute Gasteiger partial charge is 0.496 e. The zero-order valence-electron chi connectivity index (χ0n) is 5.32. The first-order valence-electron chi connectivity index (χ1n) is 2.65. The summed E-state index contributed by atoms with van der Waals surface area (Å²) < 4.78 is 17.9. The fraction of sp³-hybridized carbons (Fsp3) is 0.143. The standard InChI is InChI=1S/C7H5BrFO/c1-10-7-3-5(8)2-6(9)4-7/h2-3H,1H3. The maximum absolute atomic E-state index is 12.4. The van der Waals surface area contributed by atoms with Crippen LogP contribution in [0.5, 0.6) is 5.75 Å². The van der Waals surface area contributed by atoms with Gasteiger partial charge in [0.1, 0.15) is 11.6 Å². The first-order valence-corrected chi connectivity index (χ1v) is 3.44. The lowest BCUT2D eigenvalue weighted by Gasteiger charge is -1.98. The lowest BCUT2D eigenvalue weighted by atomic mass is 10.3. The van der Waals surface area contributed by atoms with Gasteiger partial charge >= 0.3 is 0 Å². The second kappa shape index (κ2) is 3.01. The molecule has 0 saturated heterocycles. The van der Waals surface area contributed by atoms with Gasteiger partial charge in [-0.3, -0.25) is 0 Å². The zero-order valence-corrected chi connectivity index (χ0v) is 6.90. The molecule has 0 aliphatic carbocycles. The molecule has 0 unspecified atom stereocenters. The van der Waals surface area contributed by atoms with Crippen molar-refractivity contribution in [2.24, 2.45) is 0 Å². The van der Waals surface area contributed by atoms with Crippen molar-refractivity contribution in [1.29, 1.82) is 0 Å². The fourth-order valence-corrected chi connectivity index (χ4v) is 0.997. The predicted octanol–water partition coefficient (Wildman–Crippen LogP) is 2.40. The van der Waals surface area contributed by atoms with Gasteiger partial charge in [-0.2, -0.15) is 0 Å². The first kappa shape index (κ1) is 7.54. The smallest absolute Gasteiger partial charge is 0.136 e. The molecule has 0 heterocycles. The van der Waals surface area contributed by atoms with E-state index in [-0.39, 0.29) is 0 Å². The predicted molar refractivity (Wildman–Crippen MR) is 39.5 cm³/mol. The molecule has 0 fully saturated rings. The fourth-order valence-electron chi connectivity index (χ4n) is 0.588. The molecular weight excluding hydrogens is 199 g/mol. The highest BCUT2D eigenvalue weighted by atomic mass is 79.9. The Morgan fingerprint density at radius 3 is 2.80 bits per heavy atom. The lowest BCUT2D eigenvalue weighted by Crippen LogP contribution is -1.84. The maximum atomic E-state index is 12.4. The van der Waals surface area contributed by atoms with Gasteiger partial charge in [0.25, 0.3) is 0 Å². The molecule has 1 aromatic rings. The van der Waals surface area contributed by atoms with Crippen molar-refractivity contribution < 1.29 is 9.13 Å².